The largest absolute Gasteiger partial charge is 0.627 e. The van der Waals surface area contributed by atoms with E-state index in [9.17, 15) is 0 Å². The van der Waals surface area contributed by atoms with Gasteiger partial charge in [-0.1, -0.05) is 27.7 Å². The summed E-state index contributed by atoms with van der Waals surface area (Å²) in [4.78, 5) is 0. The highest BCUT2D eigenvalue weighted by molar-refractivity contribution is 6.51. The number of hydrogen-bond acceptors (Lipinski definition) is 5. The SMILES string of the molecule is CCCOB(OCCC)OB(OCCC)OCCC. The van der Waals surface area contributed by atoms with Crippen molar-refractivity contribution in [3.8, 4) is 0 Å². The summed E-state index contributed by atoms with van der Waals surface area (Å²) in [6.07, 6.45) is 3.63. The molecule has 5 nitrogen and oxygen atoms in total. The van der Waals surface area contributed by atoms with Gasteiger partial charge in [-0.2, -0.15) is 0 Å². The van der Waals surface area contributed by atoms with Crippen LogP contribution in [0.4, 0.5) is 0 Å². The van der Waals surface area contributed by atoms with Crippen molar-refractivity contribution in [2.24, 2.45) is 0 Å². The Kier molecular flexibility index (Phi) is 14.3. The van der Waals surface area contributed by atoms with Crippen LogP contribution >= 0.6 is 0 Å². The molecule has 0 saturated carbocycles. The molecule has 0 atom stereocenters. The van der Waals surface area contributed by atoms with Crippen molar-refractivity contribution < 1.29 is 23.2 Å². The molecule has 0 bridgehead atoms. The van der Waals surface area contributed by atoms with Crippen LogP contribution in [0.25, 0.3) is 0 Å². The second-order valence-corrected chi connectivity index (χ2v) is 4.20. The molecule has 0 unspecified atom stereocenters. The highest BCUT2D eigenvalue weighted by Gasteiger charge is 2.32. The van der Waals surface area contributed by atoms with Gasteiger partial charge in [0.15, 0.2) is 0 Å². The molecule has 0 aliphatic carbocycles. The molecule has 0 fully saturated rings. The molecular formula is C12H28B2O5. The first-order valence-corrected chi connectivity index (χ1v) is 7.40. The van der Waals surface area contributed by atoms with E-state index in [0.29, 0.717) is 26.4 Å². The molecule has 0 aromatic carbocycles. The average Bonchev–Trinajstić information content (AvgIpc) is 2.44. The van der Waals surface area contributed by atoms with E-state index >= 15 is 0 Å². The normalized spacial score (nSPS) is 10.7. The van der Waals surface area contributed by atoms with E-state index in [4.69, 9.17) is 23.2 Å². The summed E-state index contributed by atoms with van der Waals surface area (Å²) >= 11 is 0. The van der Waals surface area contributed by atoms with Crippen molar-refractivity contribution in [1.29, 1.82) is 0 Å². The molecule has 0 radical (unpaired) electrons. The van der Waals surface area contributed by atoms with Crippen LogP contribution in [0.2, 0.25) is 0 Å². The third-order valence-electron chi connectivity index (χ3n) is 2.05. The molecule has 7 heteroatoms. The maximum absolute atomic E-state index is 5.57. The highest BCUT2D eigenvalue weighted by Crippen LogP contribution is 2.02. The molecular weight excluding hydrogens is 246 g/mol. The zero-order valence-corrected chi connectivity index (χ0v) is 12.9. The van der Waals surface area contributed by atoms with Crippen molar-refractivity contribution in [1.82, 2.24) is 0 Å². The smallest absolute Gasteiger partial charge is 0.399 e. The van der Waals surface area contributed by atoms with Crippen LogP contribution in [-0.2, 0) is 23.2 Å². The molecule has 0 aliphatic heterocycles. The Bertz CT molecular complexity index is 152. The lowest BCUT2D eigenvalue weighted by Crippen LogP contribution is -2.39. The van der Waals surface area contributed by atoms with Gasteiger partial charge in [0.1, 0.15) is 0 Å². The molecule has 19 heavy (non-hydrogen) atoms. The van der Waals surface area contributed by atoms with Gasteiger partial charge in [-0.15, -0.1) is 0 Å². The maximum Gasteiger partial charge on any atom is 0.627 e. The van der Waals surface area contributed by atoms with Gasteiger partial charge in [0.25, 0.3) is 0 Å². The van der Waals surface area contributed by atoms with Gasteiger partial charge >= 0.3 is 14.6 Å². The van der Waals surface area contributed by atoms with Crippen LogP contribution in [0.3, 0.4) is 0 Å². The molecule has 0 aliphatic rings. The molecule has 0 spiro atoms. The minimum atomic E-state index is -0.724. The first-order valence-electron chi connectivity index (χ1n) is 7.40. The van der Waals surface area contributed by atoms with Crippen LogP contribution in [0.15, 0.2) is 0 Å². The van der Waals surface area contributed by atoms with Crippen molar-refractivity contribution in [2.75, 3.05) is 26.4 Å². The Labute approximate surface area is 118 Å². The van der Waals surface area contributed by atoms with E-state index in [1.165, 1.54) is 0 Å². The molecule has 0 saturated heterocycles. The van der Waals surface area contributed by atoms with Crippen molar-refractivity contribution in [3.63, 3.8) is 0 Å². The second-order valence-electron chi connectivity index (χ2n) is 4.20. The summed E-state index contributed by atoms with van der Waals surface area (Å²) in [6.45, 7) is 10.5. The summed E-state index contributed by atoms with van der Waals surface area (Å²) in [6, 6.07) is 0. The predicted octanol–water partition coefficient (Wildman–Crippen LogP) is 2.68. The fourth-order valence-electron chi connectivity index (χ4n) is 1.20. The molecule has 0 amide bonds. The Balaban J connectivity index is 4.16. The van der Waals surface area contributed by atoms with Gasteiger partial charge in [0.2, 0.25) is 0 Å². The van der Waals surface area contributed by atoms with Gasteiger partial charge in [0, 0.05) is 26.4 Å². The van der Waals surface area contributed by atoms with Gasteiger partial charge in [-0.25, -0.2) is 0 Å². The Morgan fingerprint density at radius 3 is 1.00 bits per heavy atom. The molecule has 0 aromatic heterocycles. The summed E-state index contributed by atoms with van der Waals surface area (Å²) in [5.41, 5.74) is 0. The summed E-state index contributed by atoms with van der Waals surface area (Å²) in [5.74, 6) is 0. The van der Waals surface area contributed by atoms with E-state index in [-0.39, 0.29) is 0 Å². The van der Waals surface area contributed by atoms with Crippen LogP contribution in [0.5, 0.6) is 0 Å². The van der Waals surface area contributed by atoms with Crippen LogP contribution in [0, 0.1) is 0 Å². The van der Waals surface area contributed by atoms with Crippen LogP contribution in [-0.4, -0.2) is 41.1 Å². The van der Waals surface area contributed by atoms with Crippen molar-refractivity contribution in [2.45, 2.75) is 53.4 Å². The lowest BCUT2D eigenvalue weighted by atomic mass is 10.1. The Morgan fingerprint density at radius 1 is 0.526 bits per heavy atom. The van der Waals surface area contributed by atoms with E-state index in [0.717, 1.165) is 25.7 Å². The Morgan fingerprint density at radius 2 is 0.789 bits per heavy atom. The van der Waals surface area contributed by atoms with Gasteiger partial charge in [0.05, 0.1) is 0 Å². The number of rotatable bonds is 14. The second kappa shape index (κ2) is 14.3. The van der Waals surface area contributed by atoms with E-state index < -0.39 is 14.6 Å². The van der Waals surface area contributed by atoms with Crippen LogP contribution < -0.4 is 0 Å². The first kappa shape index (κ1) is 18.9. The third-order valence-corrected chi connectivity index (χ3v) is 2.05. The molecule has 0 N–H and O–H groups in total. The minimum Gasteiger partial charge on any atom is -0.399 e. The average molecular weight is 274 g/mol. The predicted molar refractivity (Wildman–Crippen MR) is 77.6 cm³/mol. The molecule has 0 aromatic rings. The van der Waals surface area contributed by atoms with Crippen LogP contribution in [0.1, 0.15) is 53.4 Å². The zero-order valence-electron chi connectivity index (χ0n) is 12.9. The summed E-state index contributed by atoms with van der Waals surface area (Å²) in [7, 11) is -1.45. The minimum absolute atomic E-state index is 0.586. The monoisotopic (exact) mass is 274 g/mol. The molecule has 112 valence electrons. The lowest BCUT2D eigenvalue weighted by molar-refractivity contribution is 0.0831. The van der Waals surface area contributed by atoms with Gasteiger partial charge < -0.3 is 23.2 Å². The quantitative estimate of drug-likeness (QED) is 0.456. The van der Waals surface area contributed by atoms with Crippen molar-refractivity contribution in [3.05, 3.63) is 0 Å². The maximum atomic E-state index is 5.57. The van der Waals surface area contributed by atoms with Crippen molar-refractivity contribution >= 4 is 14.6 Å². The molecule has 0 heterocycles. The van der Waals surface area contributed by atoms with E-state index in [1.54, 1.807) is 0 Å². The third kappa shape index (κ3) is 11.5. The van der Waals surface area contributed by atoms with E-state index in [1.807, 2.05) is 27.7 Å². The standard InChI is InChI=1S/C12H28B2O5/c1-5-9-15-13(16-10-6-2)19-14(17-11-7-3)18-12-8-4/h5-12H2,1-4H3. The topological polar surface area (TPSA) is 46.2 Å². The Hall–Kier alpha value is -0.0701. The molecule has 0 rings (SSSR count). The fourth-order valence-corrected chi connectivity index (χ4v) is 1.20. The lowest BCUT2D eigenvalue weighted by Gasteiger charge is -2.18. The van der Waals surface area contributed by atoms with E-state index in [2.05, 4.69) is 0 Å². The summed E-state index contributed by atoms with van der Waals surface area (Å²) in [5, 5.41) is 0. The zero-order chi connectivity index (χ0) is 14.3. The fraction of sp³-hybridized carbons (Fsp3) is 1.00. The summed E-state index contributed by atoms with van der Waals surface area (Å²) < 4.78 is 27.5. The van der Waals surface area contributed by atoms with Gasteiger partial charge in [-0.3, -0.25) is 0 Å². The number of hydrogen-bond donors (Lipinski definition) is 0. The van der Waals surface area contributed by atoms with Gasteiger partial charge in [-0.05, 0) is 25.7 Å². The first-order chi connectivity index (χ1) is 9.28. The highest BCUT2D eigenvalue weighted by atomic mass is 16.8.